The van der Waals surface area contributed by atoms with Crippen molar-refractivity contribution in [3.63, 3.8) is 0 Å². The van der Waals surface area contributed by atoms with Crippen molar-refractivity contribution in [3.8, 4) is 0 Å². The molecular weight excluding hydrogens is 302 g/mol. The van der Waals surface area contributed by atoms with E-state index in [9.17, 15) is 0 Å². The molecule has 0 aliphatic carbocycles. The standard InChI is InChI=1S/C11H12BrN3OS/c1-13-11-10(14-15-17-11)7-16-6-8-3-2-4-9(12)5-8/h2-5,13H,6-7H2,1H3. The molecule has 1 aromatic heterocycles. The largest absolute Gasteiger partial charge is 0.377 e. The molecule has 1 aromatic carbocycles. The first kappa shape index (κ1) is 12.5. The number of anilines is 1. The van der Waals surface area contributed by atoms with Gasteiger partial charge in [0, 0.05) is 23.1 Å². The average molecular weight is 314 g/mol. The van der Waals surface area contributed by atoms with E-state index < -0.39 is 0 Å². The fourth-order valence-electron chi connectivity index (χ4n) is 1.39. The number of nitrogens with zero attached hydrogens (tertiary/aromatic N) is 2. The van der Waals surface area contributed by atoms with Crippen molar-refractivity contribution in [1.82, 2.24) is 9.59 Å². The van der Waals surface area contributed by atoms with Gasteiger partial charge >= 0.3 is 0 Å². The first-order valence-electron chi connectivity index (χ1n) is 5.11. The minimum atomic E-state index is 0.471. The van der Waals surface area contributed by atoms with E-state index in [2.05, 4.69) is 30.8 Å². The lowest BCUT2D eigenvalue weighted by Crippen LogP contribution is -1.98. The van der Waals surface area contributed by atoms with Gasteiger partial charge in [-0.1, -0.05) is 32.6 Å². The van der Waals surface area contributed by atoms with Gasteiger partial charge in [-0.05, 0) is 17.7 Å². The number of hydrogen-bond acceptors (Lipinski definition) is 5. The number of ether oxygens (including phenoxy) is 1. The van der Waals surface area contributed by atoms with Gasteiger partial charge in [-0.25, -0.2) is 0 Å². The van der Waals surface area contributed by atoms with Gasteiger partial charge in [-0.3, -0.25) is 0 Å². The van der Waals surface area contributed by atoms with E-state index in [0.717, 1.165) is 20.7 Å². The summed E-state index contributed by atoms with van der Waals surface area (Å²) in [6.07, 6.45) is 0. The number of benzene rings is 1. The van der Waals surface area contributed by atoms with Crippen LogP contribution < -0.4 is 5.32 Å². The van der Waals surface area contributed by atoms with Crippen LogP contribution in [0.15, 0.2) is 28.7 Å². The maximum atomic E-state index is 5.60. The van der Waals surface area contributed by atoms with Crippen LogP contribution in [0.4, 0.5) is 5.00 Å². The highest BCUT2D eigenvalue weighted by molar-refractivity contribution is 9.10. The van der Waals surface area contributed by atoms with Crippen LogP contribution >= 0.6 is 27.5 Å². The molecule has 17 heavy (non-hydrogen) atoms. The summed E-state index contributed by atoms with van der Waals surface area (Å²) in [6.45, 7) is 1.04. The molecule has 0 amide bonds. The Morgan fingerprint density at radius 2 is 2.29 bits per heavy atom. The van der Waals surface area contributed by atoms with Gasteiger partial charge in [0.1, 0.15) is 10.7 Å². The van der Waals surface area contributed by atoms with E-state index in [-0.39, 0.29) is 0 Å². The normalized spacial score (nSPS) is 10.5. The summed E-state index contributed by atoms with van der Waals surface area (Å²) < 4.78 is 10.5. The van der Waals surface area contributed by atoms with E-state index in [0.29, 0.717) is 13.2 Å². The van der Waals surface area contributed by atoms with E-state index in [1.807, 2.05) is 31.3 Å². The molecule has 0 aliphatic rings. The fourth-order valence-corrected chi connectivity index (χ4v) is 2.35. The predicted octanol–water partition coefficient (Wildman–Crippen LogP) is 3.06. The lowest BCUT2D eigenvalue weighted by molar-refractivity contribution is 0.105. The second-order valence-corrected chi connectivity index (χ2v) is 5.09. The molecule has 2 rings (SSSR count). The van der Waals surface area contributed by atoms with E-state index in [1.54, 1.807) is 0 Å². The van der Waals surface area contributed by atoms with Gasteiger partial charge in [-0.15, -0.1) is 5.10 Å². The predicted molar refractivity (Wildman–Crippen MR) is 72.1 cm³/mol. The molecule has 0 spiro atoms. The van der Waals surface area contributed by atoms with Crippen molar-refractivity contribution >= 4 is 32.5 Å². The summed E-state index contributed by atoms with van der Waals surface area (Å²) in [7, 11) is 1.85. The molecule has 2 aromatic rings. The highest BCUT2D eigenvalue weighted by atomic mass is 79.9. The minimum Gasteiger partial charge on any atom is -0.377 e. The zero-order valence-corrected chi connectivity index (χ0v) is 11.7. The summed E-state index contributed by atoms with van der Waals surface area (Å²) in [4.78, 5) is 0. The Kier molecular flexibility index (Phi) is 4.47. The Morgan fingerprint density at radius 1 is 1.41 bits per heavy atom. The maximum Gasteiger partial charge on any atom is 0.135 e. The monoisotopic (exact) mass is 313 g/mol. The van der Waals surface area contributed by atoms with Crippen LogP contribution in [0.2, 0.25) is 0 Å². The summed E-state index contributed by atoms with van der Waals surface area (Å²) in [5, 5.41) is 8.00. The van der Waals surface area contributed by atoms with Crippen molar-refractivity contribution < 1.29 is 4.74 Å². The van der Waals surface area contributed by atoms with Gasteiger partial charge in [0.05, 0.1) is 13.2 Å². The number of nitrogens with one attached hydrogen (secondary N) is 1. The molecule has 0 saturated carbocycles. The number of halogens is 1. The van der Waals surface area contributed by atoms with Crippen LogP contribution in [-0.2, 0) is 18.0 Å². The van der Waals surface area contributed by atoms with Crippen LogP contribution in [0.1, 0.15) is 11.3 Å². The first-order chi connectivity index (χ1) is 8.29. The topological polar surface area (TPSA) is 47.0 Å². The molecule has 1 N–H and O–H groups in total. The van der Waals surface area contributed by atoms with Crippen molar-refractivity contribution in [2.24, 2.45) is 0 Å². The lowest BCUT2D eigenvalue weighted by atomic mass is 10.2. The highest BCUT2D eigenvalue weighted by Crippen LogP contribution is 2.18. The summed E-state index contributed by atoms with van der Waals surface area (Å²) in [6, 6.07) is 8.06. The average Bonchev–Trinajstić information content (AvgIpc) is 2.77. The van der Waals surface area contributed by atoms with Gasteiger partial charge in [0.25, 0.3) is 0 Å². The molecule has 4 nitrogen and oxygen atoms in total. The van der Waals surface area contributed by atoms with Crippen LogP contribution in [0.5, 0.6) is 0 Å². The quantitative estimate of drug-likeness (QED) is 0.921. The zero-order valence-electron chi connectivity index (χ0n) is 9.31. The second-order valence-electron chi connectivity index (χ2n) is 3.42. The van der Waals surface area contributed by atoms with Gasteiger partial charge in [-0.2, -0.15) is 0 Å². The number of hydrogen-bond donors (Lipinski definition) is 1. The maximum absolute atomic E-state index is 5.60. The van der Waals surface area contributed by atoms with Crippen molar-refractivity contribution in [3.05, 3.63) is 40.0 Å². The fraction of sp³-hybridized carbons (Fsp3) is 0.273. The van der Waals surface area contributed by atoms with Crippen molar-refractivity contribution in [1.29, 1.82) is 0 Å². The SMILES string of the molecule is CNc1snnc1COCc1cccc(Br)c1. The lowest BCUT2D eigenvalue weighted by Gasteiger charge is -2.04. The summed E-state index contributed by atoms with van der Waals surface area (Å²) >= 11 is 4.77. The van der Waals surface area contributed by atoms with Crippen molar-refractivity contribution in [2.45, 2.75) is 13.2 Å². The van der Waals surface area contributed by atoms with E-state index >= 15 is 0 Å². The molecule has 0 aliphatic heterocycles. The van der Waals surface area contributed by atoms with Crippen molar-refractivity contribution in [2.75, 3.05) is 12.4 Å². The van der Waals surface area contributed by atoms with Crippen LogP contribution in [-0.4, -0.2) is 16.6 Å². The van der Waals surface area contributed by atoms with Crippen LogP contribution in [0.25, 0.3) is 0 Å². The third-order valence-corrected chi connectivity index (χ3v) is 3.46. The third kappa shape index (κ3) is 3.49. The highest BCUT2D eigenvalue weighted by Gasteiger charge is 2.05. The molecule has 0 atom stereocenters. The number of aromatic nitrogens is 2. The molecule has 0 unspecified atom stereocenters. The summed E-state index contributed by atoms with van der Waals surface area (Å²) in [5.41, 5.74) is 1.99. The first-order valence-corrected chi connectivity index (χ1v) is 6.67. The second kappa shape index (κ2) is 6.09. The molecule has 0 bridgehead atoms. The Hall–Kier alpha value is -0.980. The minimum absolute atomic E-state index is 0.471. The van der Waals surface area contributed by atoms with Gasteiger partial charge in [0.2, 0.25) is 0 Å². The molecule has 1 heterocycles. The third-order valence-electron chi connectivity index (χ3n) is 2.18. The smallest absolute Gasteiger partial charge is 0.135 e. The van der Waals surface area contributed by atoms with Crippen LogP contribution in [0.3, 0.4) is 0 Å². The Bertz CT molecular complexity index is 489. The van der Waals surface area contributed by atoms with Gasteiger partial charge in [0.15, 0.2) is 0 Å². The molecular formula is C11H12BrN3OS. The zero-order chi connectivity index (χ0) is 12.1. The number of rotatable bonds is 5. The Balaban J connectivity index is 1.87. The molecule has 90 valence electrons. The Morgan fingerprint density at radius 3 is 3.06 bits per heavy atom. The van der Waals surface area contributed by atoms with Gasteiger partial charge < -0.3 is 10.1 Å². The molecule has 0 saturated heterocycles. The Labute approximate surface area is 112 Å². The van der Waals surface area contributed by atoms with E-state index in [1.165, 1.54) is 11.5 Å². The summed E-state index contributed by atoms with van der Waals surface area (Å²) in [5.74, 6) is 0. The molecule has 6 heteroatoms. The van der Waals surface area contributed by atoms with E-state index in [4.69, 9.17) is 4.74 Å². The molecule has 0 radical (unpaired) electrons. The molecule has 0 fully saturated rings. The van der Waals surface area contributed by atoms with Crippen LogP contribution in [0, 0.1) is 0 Å².